The number of ketones is 1. The molecule has 2 aliphatic rings. The van der Waals surface area contributed by atoms with Gasteiger partial charge < -0.3 is 13.9 Å². The van der Waals surface area contributed by atoms with E-state index in [1.165, 1.54) is 7.11 Å². The molecule has 0 spiro atoms. The third kappa shape index (κ3) is 5.59. The molecule has 2 heterocycles. The van der Waals surface area contributed by atoms with E-state index in [0.29, 0.717) is 43.7 Å². The Kier molecular flexibility index (Phi) is 8.81. The van der Waals surface area contributed by atoms with Crippen LogP contribution in [0.2, 0.25) is 18.1 Å². The average molecular weight is 514 g/mol. The van der Waals surface area contributed by atoms with Crippen molar-refractivity contribution in [1.29, 1.82) is 0 Å². The number of carbonyl (C=O) groups is 2. The predicted octanol–water partition coefficient (Wildman–Crippen LogP) is 5.45. The molecule has 0 amide bonds. The maximum Gasteiger partial charge on any atom is 0.333 e. The molecular formula is C29H43NO5Si. The number of esters is 1. The summed E-state index contributed by atoms with van der Waals surface area (Å²) in [5.74, 6) is -0.460. The fourth-order valence-corrected chi connectivity index (χ4v) is 6.41. The number of fused-ring (bicyclic) bond motifs is 2. The Balaban J connectivity index is 1.96. The van der Waals surface area contributed by atoms with Crippen LogP contribution in [0.25, 0.3) is 0 Å². The maximum atomic E-state index is 13.5. The quantitative estimate of drug-likeness (QED) is 0.180. The van der Waals surface area contributed by atoms with Gasteiger partial charge in [0.25, 0.3) is 0 Å². The summed E-state index contributed by atoms with van der Waals surface area (Å²) in [6.45, 7) is 18.6. The van der Waals surface area contributed by atoms with Crippen molar-refractivity contribution < 1.29 is 23.5 Å². The van der Waals surface area contributed by atoms with Gasteiger partial charge >= 0.3 is 5.97 Å². The summed E-state index contributed by atoms with van der Waals surface area (Å²) in [6.07, 6.45) is 3.24. The average Bonchev–Trinajstić information content (AvgIpc) is 3.02. The van der Waals surface area contributed by atoms with Crippen LogP contribution in [0.15, 0.2) is 54.1 Å². The van der Waals surface area contributed by atoms with Crippen molar-refractivity contribution in [3.05, 3.63) is 59.7 Å². The van der Waals surface area contributed by atoms with Gasteiger partial charge in [0.15, 0.2) is 14.1 Å². The van der Waals surface area contributed by atoms with Gasteiger partial charge in [-0.05, 0) is 43.5 Å². The highest BCUT2D eigenvalue weighted by molar-refractivity contribution is 6.74. The van der Waals surface area contributed by atoms with Crippen LogP contribution >= 0.6 is 0 Å². The van der Waals surface area contributed by atoms with E-state index in [4.69, 9.17) is 13.9 Å². The van der Waals surface area contributed by atoms with Crippen molar-refractivity contribution in [3.8, 4) is 0 Å². The minimum atomic E-state index is -1.94. The molecule has 3 atom stereocenters. The third-order valence-corrected chi connectivity index (χ3v) is 12.9. The number of Topliss-reactive ketones (excluding diaryl/α,β-unsaturated/α-hetero) is 1. The molecule has 7 heteroatoms. The summed E-state index contributed by atoms with van der Waals surface area (Å²) in [5.41, 5.74) is 1.52. The van der Waals surface area contributed by atoms with Crippen LogP contribution in [0.3, 0.4) is 0 Å². The zero-order valence-corrected chi connectivity index (χ0v) is 24.1. The zero-order valence-electron chi connectivity index (χ0n) is 23.1. The molecule has 2 bridgehead atoms. The lowest BCUT2D eigenvalue weighted by Gasteiger charge is -2.47. The van der Waals surface area contributed by atoms with Crippen molar-refractivity contribution in [2.75, 3.05) is 20.3 Å². The van der Waals surface area contributed by atoms with Gasteiger partial charge in [0, 0.05) is 36.8 Å². The summed E-state index contributed by atoms with van der Waals surface area (Å²) in [4.78, 5) is 28.4. The van der Waals surface area contributed by atoms with Gasteiger partial charge in [0.05, 0.1) is 25.4 Å². The first-order valence-electron chi connectivity index (χ1n) is 12.9. The number of ether oxygens (including phenoxy) is 2. The molecule has 2 fully saturated rings. The van der Waals surface area contributed by atoms with Crippen LogP contribution < -0.4 is 0 Å². The molecule has 2 saturated heterocycles. The van der Waals surface area contributed by atoms with Crippen molar-refractivity contribution in [3.63, 3.8) is 0 Å². The van der Waals surface area contributed by atoms with Gasteiger partial charge in [0.1, 0.15) is 0 Å². The molecule has 0 N–H and O–H groups in total. The smallest absolute Gasteiger partial charge is 0.333 e. The van der Waals surface area contributed by atoms with E-state index < -0.39 is 19.8 Å². The minimum Gasteiger partial charge on any atom is -0.466 e. The molecule has 0 aromatic heterocycles. The first-order valence-corrected chi connectivity index (χ1v) is 15.8. The number of benzene rings is 1. The maximum absolute atomic E-state index is 13.5. The third-order valence-electron chi connectivity index (χ3n) is 8.37. The number of carbonyl (C=O) groups excluding carboxylic acids is 2. The summed E-state index contributed by atoms with van der Waals surface area (Å²) in [5, 5.41) is 0.108. The fraction of sp³-hybridized carbons (Fsp3) is 0.586. The second-order valence-electron chi connectivity index (χ2n) is 11.6. The molecule has 1 aromatic carbocycles. The van der Waals surface area contributed by atoms with Gasteiger partial charge in [-0.3, -0.25) is 9.69 Å². The van der Waals surface area contributed by atoms with Crippen molar-refractivity contribution in [2.45, 2.75) is 89.4 Å². The number of hydrogen-bond donors (Lipinski definition) is 0. The van der Waals surface area contributed by atoms with Gasteiger partial charge in [-0.1, -0.05) is 57.2 Å². The Morgan fingerprint density at radius 1 is 1.25 bits per heavy atom. The first kappa shape index (κ1) is 28.5. The highest BCUT2D eigenvalue weighted by Gasteiger charge is 2.59. The van der Waals surface area contributed by atoms with Crippen LogP contribution in [-0.4, -0.2) is 62.9 Å². The van der Waals surface area contributed by atoms with Gasteiger partial charge in [-0.15, -0.1) is 6.58 Å². The molecular weight excluding hydrogens is 470 g/mol. The number of hydrogen-bond acceptors (Lipinski definition) is 6. The van der Waals surface area contributed by atoms with Crippen LogP contribution in [0.4, 0.5) is 0 Å². The lowest BCUT2D eigenvalue weighted by atomic mass is 9.80. The van der Waals surface area contributed by atoms with E-state index >= 15 is 0 Å². The monoisotopic (exact) mass is 513 g/mol. The first-order chi connectivity index (χ1) is 16.9. The van der Waals surface area contributed by atoms with Crippen LogP contribution in [-0.2, 0) is 30.1 Å². The molecule has 0 aliphatic carbocycles. The second kappa shape index (κ2) is 11.1. The molecule has 0 saturated carbocycles. The van der Waals surface area contributed by atoms with E-state index in [2.05, 4.69) is 45.3 Å². The Hall–Kier alpha value is -2.06. The summed E-state index contributed by atoms with van der Waals surface area (Å²) in [7, 11) is -0.585. The van der Waals surface area contributed by atoms with Gasteiger partial charge in [0.2, 0.25) is 0 Å². The SMILES string of the molecule is C=CCC12CC(=O)/C(=C(\C)C(=O)OC)C(CC1OCc1ccccc1)N2CCO[Si](C)(C)C(C)(C)C. The highest BCUT2D eigenvalue weighted by atomic mass is 28.4. The molecule has 198 valence electrons. The van der Waals surface area contributed by atoms with E-state index in [-0.39, 0.29) is 29.4 Å². The summed E-state index contributed by atoms with van der Waals surface area (Å²) < 4.78 is 18.1. The molecule has 3 rings (SSSR count). The number of nitrogens with zero attached hydrogens (tertiary/aromatic N) is 1. The van der Waals surface area contributed by atoms with E-state index in [9.17, 15) is 9.59 Å². The molecule has 3 unspecified atom stereocenters. The number of methoxy groups -OCH3 is 1. The second-order valence-corrected chi connectivity index (χ2v) is 16.4. The standard InChI is InChI=1S/C29H43NO5Si/c1-9-15-29-19-24(31)26(21(2)27(32)33-6)23(18-25(29)34-20-22-13-11-10-12-14-22)30(29)16-17-35-36(7,8)28(3,4)5/h9-14,23,25H,1,15-20H2,2-8H3/b26-21+. The Bertz CT molecular complexity index is 997. The van der Waals surface area contributed by atoms with Crippen molar-refractivity contribution >= 4 is 20.1 Å². The fourth-order valence-electron chi connectivity index (χ4n) is 5.37. The summed E-state index contributed by atoms with van der Waals surface area (Å²) in [6, 6.07) is 9.85. The van der Waals surface area contributed by atoms with Crippen molar-refractivity contribution in [2.24, 2.45) is 0 Å². The van der Waals surface area contributed by atoms with Crippen LogP contribution in [0.5, 0.6) is 0 Å². The topological polar surface area (TPSA) is 65.1 Å². The van der Waals surface area contributed by atoms with Crippen molar-refractivity contribution in [1.82, 2.24) is 4.90 Å². The molecule has 0 radical (unpaired) electrons. The van der Waals surface area contributed by atoms with Crippen LogP contribution in [0, 0.1) is 0 Å². The highest BCUT2D eigenvalue weighted by Crippen LogP contribution is 2.49. The number of piperidine rings is 1. The van der Waals surface area contributed by atoms with Gasteiger partial charge in [-0.2, -0.15) is 0 Å². The van der Waals surface area contributed by atoms with Crippen LogP contribution in [0.1, 0.15) is 52.5 Å². The zero-order chi connectivity index (χ0) is 26.7. The number of rotatable bonds is 10. The lowest BCUT2D eigenvalue weighted by Crippen LogP contribution is -2.59. The summed E-state index contributed by atoms with van der Waals surface area (Å²) >= 11 is 0. The molecule has 1 aromatic rings. The minimum absolute atomic E-state index is 0.00266. The Morgan fingerprint density at radius 3 is 2.50 bits per heavy atom. The van der Waals surface area contributed by atoms with E-state index in [1.807, 2.05) is 36.4 Å². The predicted molar refractivity (Wildman–Crippen MR) is 145 cm³/mol. The normalized spacial score (nSPS) is 26.1. The van der Waals surface area contributed by atoms with Gasteiger partial charge in [-0.25, -0.2) is 4.79 Å². The molecule has 36 heavy (non-hydrogen) atoms. The van der Waals surface area contributed by atoms with E-state index in [0.717, 1.165) is 5.56 Å². The molecule has 2 aliphatic heterocycles. The Labute approximate surface area is 217 Å². The Morgan fingerprint density at radius 2 is 1.92 bits per heavy atom. The molecule has 6 nitrogen and oxygen atoms in total. The lowest BCUT2D eigenvalue weighted by molar-refractivity contribution is -0.137. The van der Waals surface area contributed by atoms with E-state index in [1.54, 1.807) is 6.92 Å². The largest absolute Gasteiger partial charge is 0.466 e.